The Morgan fingerprint density at radius 2 is 2.00 bits per heavy atom. The van der Waals surface area contributed by atoms with Gasteiger partial charge in [-0.05, 0) is 13.0 Å². The molecule has 1 fully saturated rings. The Morgan fingerprint density at radius 3 is 2.47 bits per heavy atom. The summed E-state index contributed by atoms with van der Waals surface area (Å²) in [5, 5.41) is 3.56. The number of ether oxygens (including phenoxy) is 2. The van der Waals surface area contributed by atoms with E-state index < -0.39 is 0 Å². The maximum Gasteiger partial charge on any atom is 0.0874 e. The number of likely N-dealkylation sites (N-methyl/N-ethyl adjacent to an activating group) is 1. The van der Waals surface area contributed by atoms with E-state index in [9.17, 15) is 0 Å². The van der Waals surface area contributed by atoms with Crippen LogP contribution in [0.25, 0.3) is 0 Å². The summed E-state index contributed by atoms with van der Waals surface area (Å²) in [5.41, 5.74) is 0.00424. The zero-order valence-electron chi connectivity index (χ0n) is 10.3. The number of methoxy groups -OCH3 is 1. The predicted molar refractivity (Wildman–Crippen MR) is 62.2 cm³/mol. The van der Waals surface area contributed by atoms with Crippen molar-refractivity contribution in [3.63, 3.8) is 0 Å². The number of nitrogens with one attached hydrogen (secondary N) is 1. The Labute approximate surface area is 93.5 Å². The minimum absolute atomic E-state index is 0.00424. The number of rotatable bonds is 6. The maximum absolute atomic E-state index is 5.80. The van der Waals surface area contributed by atoms with Crippen LogP contribution >= 0.6 is 0 Å². The Morgan fingerprint density at radius 1 is 1.33 bits per heavy atom. The lowest BCUT2D eigenvalue weighted by Crippen LogP contribution is -2.54. The molecule has 1 saturated heterocycles. The van der Waals surface area contributed by atoms with E-state index in [1.54, 1.807) is 0 Å². The standard InChI is InChI=1S/C12H25NO2/c1-4-6-11(13-5-2)12(14-3)7-9-15-10-8-12/h11,13H,4-10H2,1-3H3. The van der Waals surface area contributed by atoms with E-state index in [2.05, 4.69) is 19.2 Å². The molecule has 1 heterocycles. The average Bonchev–Trinajstić information content (AvgIpc) is 2.30. The monoisotopic (exact) mass is 215 g/mol. The molecule has 0 aromatic heterocycles. The highest BCUT2D eigenvalue weighted by Gasteiger charge is 2.39. The molecule has 1 aliphatic rings. The molecule has 0 aliphatic carbocycles. The van der Waals surface area contributed by atoms with E-state index in [0.29, 0.717) is 6.04 Å². The molecule has 0 aromatic rings. The van der Waals surface area contributed by atoms with E-state index >= 15 is 0 Å². The fraction of sp³-hybridized carbons (Fsp3) is 1.00. The second-order valence-corrected chi connectivity index (χ2v) is 4.28. The van der Waals surface area contributed by atoms with Crippen LogP contribution in [-0.4, -0.2) is 38.5 Å². The molecule has 15 heavy (non-hydrogen) atoms. The lowest BCUT2D eigenvalue weighted by Gasteiger charge is -2.42. The molecule has 0 aromatic carbocycles. The summed E-state index contributed by atoms with van der Waals surface area (Å²) in [7, 11) is 1.84. The first-order valence-electron chi connectivity index (χ1n) is 6.15. The second kappa shape index (κ2) is 6.46. The highest BCUT2D eigenvalue weighted by molar-refractivity contribution is 4.94. The first kappa shape index (κ1) is 12.9. The normalized spacial score (nSPS) is 22.6. The third-order valence-corrected chi connectivity index (χ3v) is 3.41. The SMILES string of the molecule is CCCC(NCC)C1(OC)CCOCC1. The highest BCUT2D eigenvalue weighted by Crippen LogP contribution is 2.30. The zero-order valence-corrected chi connectivity index (χ0v) is 10.3. The van der Waals surface area contributed by atoms with Gasteiger partial charge in [-0.2, -0.15) is 0 Å². The van der Waals surface area contributed by atoms with E-state index in [4.69, 9.17) is 9.47 Å². The van der Waals surface area contributed by atoms with Gasteiger partial charge in [0.25, 0.3) is 0 Å². The molecule has 0 amide bonds. The molecule has 0 spiro atoms. The predicted octanol–water partition coefficient (Wildman–Crippen LogP) is 1.96. The minimum Gasteiger partial charge on any atom is -0.381 e. The van der Waals surface area contributed by atoms with Gasteiger partial charge in [0.1, 0.15) is 0 Å². The van der Waals surface area contributed by atoms with Gasteiger partial charge < -0.3 is 14.8 Å². The van der Waals surface area contributed by atoms with Gasteiger partial charge in [0.05, 0.1) is 5.60 Å². The fourth-order valence-electron chi connectivity index (χ4n) is 2.50. The first-order valence-corrected chi connectivity index (χ1v) is 6.15. The topological polar surface area (TPSA) is 30.5 Å². The molecule has 90 valence electrons. The fourth-order valence-corrected chi connectivity index (χ4v) is 2.50. The number of hydrogen-bond acceptors (Lipinski definition) is 3. The van der Waals surface area contributed by atoms with Crippen molar-refractivity contribution in [1.82, 2.24) is 5.32 Å². The largest absolute Gasteiger partial charge is 0.381 e. The van der Waals surface area contributed by atoms with Gasteiger partial charge in [0.2, 0.25) is 0 Å². The van der Waals surface area contributed by atoms with Gasteiger partial charge in [-0.1, -0.05) is 20.3 Å². The minimum atomic E-state index is 0.00424. The van der Waals surface area contributed by atoms with Crippen molar-refractivity contribution in [2.24, 2.45) is 0 Å². The van der Waals surface area contributed by atoms with Crippen molar-refractivity contribution in [2.45, 2.75) is 51.2 Å². The number of hydrogen-bond donors (Lipinski definition) is 1. The molecule has 3 nitrogen and oxygen atoms in total. The van der Waals surface area contributed by atoms with Crippen LogP contribution in [0.2, 0.25) is 0 Å². The average molecular weight is 215 g/mol. The van der Waals surface area contributed by atoms with E-state index in [1.807, 2.05) is 7.11 Å². The van der Waals surface area contributed by atoms with Crippen LogP contribution in [0.5, 0.6) is 0 Å². The summed E-state index contributed by atoms with van der Waals surface area (Å²) in [5.74, 6) is 0. The molecule has 1 rings (SSSR count). The summed E-state index contributed by atoms with van der Waals surface area (Å²) in [4.78, 5) is 0. The molecule has 0 radical (unpaired) electrons. The Hall–Kier alpha value is -0.120. The van der Waals surface area contributed by atoms with Gasteiger partial charge in [0.15, 0.2) is 0 Å². The summed E-state index contributed by atoms with van der Waals surface area (Å²) in [6.07, 6.45) is 4.41. The van der Waals surface area contributed by atoms with Crippen molar-refractivity contribution in [3.05, 3.63) is 0 Å². The van der Waals surface area contributed by atoms with E-state index in [0.717, 1.165) is 32.6 Å². The molecule has 1 N–H and O–H groups in total. The lowest BCUT2D eigenvalue weighted by atomic mass is 9.83. The van der Waals surface area contributed by atoms with Crippen LogP contribution in [0.4, 0.5) is 0 Å². The molecule has 0 bridgehead atoms. The third-order valence-electron chi connectivity index (χ3n) is 3.41. The van der Waals surface area contributed by atoms with Crippen LogP contribution in [0.1, 0.15) is 39.5 Å². The zero-order chi connectivity index (χ0) is 11.1. The first-order chi connectivity index (χ1) is 7.29. The summed E-state index contributed by atoms with van der Waals surface area (Å²) >= 11 is 0. The molecule has 1 atom stereocenters. The summed E-state index contributed by atoms with van der Waals surface area (Å²) in [6.45, 7) is 7.06. The van der Waals surface area contributed by atoms with Gasteiger partial charge in [-0.25, -0.2) is 0 Å². The van der Waals surface area contributed by atoms with Crippen LogP contribution < -0.4 is 5.32 Å². The van der Waals surface area contributed by atoms with Gasteiger partial charge in [-0.15, -0.1) is 0 Å². The van der Waals surface area contributed by atoms with Crippen molar-refractivity contribution in [2.75, 3.05) is 26.9 Å². The van der Waals surface area contributed by atoms with E-state index in [1.165, 1.54) is 12.8 Å². The molecule has 3 heteroatoms. The molecular weight excluding hydrogens is 190 g/mol. The Kier molecular flexibility index (Phi) is 5.58. The summed E-state index contributed by atoms with van der Waals surface area (Å²) in [6, 6.07) is 0.474. The molecule has 0 saturated carbocycles. The van der Waals surface area contributed by atoms with Crippen LogP contribution in [0.15, 0.2) is 0 Å². The van der Waals surface area contributed by atoms with Crippen LogP contribution in [0.3, 0.4) is 0 Å². The van der Waals surface area contributed by atoms with Crippen LogP contribution in [-0.2, 0) is 9.47 Å². The van der Waals surface area contributed by atoms with Gasteiger partial charge >= 0.3 is 0 Å². The van der Waals surface area contributed by atoms with E-state index in [-0.39, 0.29) is 5.60 Å². The van der Waals surface area contributed by atoms with Gasteiger partial charge in [0, 0.05) is 39.2 Å². The maximum atomic E-state index is 5.80. The van der Waals surface area contributed by atoms with Crippen molar-refractivity contribution < 1.29 is 9.47 Å². The van der Waals surface area contributed by atoms with Crippen LogP contribution in [0, 0.1) is 0 Å². The van der Waals surface area contributed by atoms with Crippen molar-refractivity contribution >= 4 is 0 Å². The highest BCUT2D eigenvalue weighted by atomic mass is 16.5. The Bertz CT molecular complexity index is 161. The molecule has 1 unspecified atom stereocenters. The quantitative estimate of drug-likeness (QED) is 0.734. The van der Waals surface area contributed by atoms with Crippen molar-refractivity contribution in [1.29, 1.82) is 0 Å². The Balaban J connectivity index is 2.65. The molecular formula is C12H25NO2. The lowest BCUT2D eigenvalue weighted by molar-refractivity contribution is -0.111. The third kappa shape index (κ3) is 3.16. The second-order valence-electron chi connectivity index (χ2n) is 4.28. The molecule has 1 aliphatic heterocycles. The smallest absolute Gasteiger partial charge is 0.0874 e. The van der Waals surface area contributed by atoms with Crippen molar-refractivity contribution in [3.8, 4) is 0 Å². The summed E-state index contributed by atoms with van der Waals surface area (Å²) < 4.78 is 11.2. The van der Waals surface area contributed by atoms with Gasteiger partial charge in [-0.3, -0.25) is 0 Å².